The summed E-state index contributed by atoms with van der Waals surface area (Å²) in [7, 11) is 3.37. The minimum Gasteiger partial charge on any atom is -0.493 e. The van der Waals surface area contributed by atoms with E-state index in [0.29, 0.717) is 12.0 Å². The molecule has 17 heavy (non-hydrogen) atoms. The lowest BCUT2D eigenvalue weighted by atomic mass is 9.96. The summed E-state index contributed by atoms with van der Waals surface area (Å²) in [6.07, 6.45) is 1.09. The third-order valence-electron chi connectivity index (χ3n) is 3.45. The zero-order chi connectivity index (χ0) is 12.4. The molecule has 0 radical (unpaired) electrons. The van der Waals surface area contributed by atoms with Crippen molar-refractivity contribution in [2.45, 2.75) is 26.3 Å². The van der Waals surface area contributed by atoms with Crippen LogP contribution in [0.5, 0.6) is 11.5 Å². The summed E-state index contributed by atoms with van der Waals surface area (Å²) in [5, 5.41) is 3.54. The van der Waals surface area contributed by atoms with Gasteiger partial charge in [0.2, 0.25) is 0 Å². The molecule has 0 aliphatic carbocycles. The SMILES string of the molecule is COc1cc2c(cc1OC)[C@@H](C)NC[C@H](C)C2. The third-order valence-corrected chi connectivity index (χ3v) is 3.45. The topological polar surface area (TPSA) is 30.5 Å². The molecule has 0 bridgehead atoms. The van der Waals surface area contributed by atoms with Gasteiger partial charge < -0.3 is 14.8 Å². The maximum absolute atomic E-state index is 5.37. The summed E-state index contributed by atoms with van der Waals surface area (Å²) in [5.74, 6) is 2.29. The van der Waals surface area contributed by atoms with Crippen molar-refractivity contribution in [1.82, 2.24) is 5.32 Å². The molecule has 0 unspecified atom stereocenters. The van der Waals surface area contributed by atoms with E-state index in [0.717, 1.165) is 24.5 Å². The van der Waals surface area contributed by atoms with E-state index in [1.54, 1.807) is 14.2 Å². The number of hydrogen-bond donors (Lipinski definition) is 1. The first-order valence-electron chi connectivity index (χ1n) is 6.14. The van der Waals surface area contributed by atoms with E-state index in [4.69, 9.17) is 9.47 Å². The van der Waals surface area contributed by atoms with Crippen LogP contribution in [0.2, 0.25) is 0 Å². The molecule has 2 atom stereocenters. The molecule has 94 valence electrons. The van der Waals surface area contributed by atoms with Gasteiger partial charge in [0.25, 0.3) is 0 Å². The Balaban J connectivity index is 2.48. The fourth-order valence-electron chi connectivity index (χ4n) is 2.45. The van der Waals surface area contributed by atoms with Crippen LogP contribution in [0, 0.1) is 5.92 Å². The van der Waals surface area contributed by atoms with E-state index in [-0.39, 0.29) is 0 Å². The third kappa shape index (κ3) is 2.39. The number of fused-ring (bicyclic) bond motifs is 1. The van der Waals surface area contributed by atoms with Crippen LogP contribution in [0.1, 0.15) is 31.0 Å². The first-order valence-corrected chi connectivity index (χ1v) is 6.14. The molecule has 0 saturated carbocycles. The normalized spacial score (nSPS) is 23.8. The summed E-state index contributed by atoms with van der Waals surface area (Å²) < 4.78 is 10.7. The highest BCUT2D eigenvalue weighted by atomic mass is 16.5. The lowest BCUT2D eigenvalue weighted by molar-refractivity contribution is 0.353. The number of rotatable bonds is 2. The minimum absolute atomic E-state index is 0.370. The maximum Gasteiger partial charge on any atom is 0.161 e. The highest BCUT2D eigenvalue weighted by Gasteiger charge is 2.20. The summed E-state index contributed by atoms with van der Waals surface area (Å²) in [4.78, 5) is 0. The van der Waals surface area contributed by atoms with Crippen LogP contribution >= 0.6 is 0 Å². The van der Waals surface area contributed by atoms with Gasteiger partial charge in [-0.15, -0.1) is 0 Å². The molecule has 0 aromatic heterocycles. The molecule has 1 aromatic carbocycles. The Kier molecular flexibility index (Phi) is 3.57. The van der Waals surface area contributed by atoms with Gasteiger partial charge in [0, 0.05) is 6.04 Å². The Morgan fingerprint density at radius 2 is 1.76 bits per heavy atom. The Morgan fingerprint density at radius 3 is 2.41 bits per heavy atom. The smallest absolute Gasteiger partial charge is 0.161 e. The predicted molar refractivity (Wildman–Crippen MR) is 68.8 cm³/mol. The summed E-state index contributed by atoms with van der Waals surface area (Å²) >= 11 is 0. The number of nitrogens with one attached hydrogen (secondary N) is 1. The quantitative estimate of drug-likeness (QED) is 0.854. The van der Waals surface area contributed by atoms with Crippen molar-refractivity contribution in [2.75, 3.05) is 20.8 Å². The molecule has 0 fully saturated rings. The summed E-state index contributed by atoms with van der Waals surface area (Å²) in [6.45, 7) is 5.52. The van der Waals surface area contributed by atoms with Crippen molar-refractivity contribution in [3.05, 3.63) is 23.3 Å². The van der Waals surface area contributed by atoms with Crippen LogP contribution in [0.25, 0.3) is 0 Å². The Morgan fingerprint density at radius 1 is 1.12 bits per heavy atom. The maximum atomic E-state index is 5.37. The van der Waals surface area contributed by atoms with Crippen molar-refractivity contribution < 1.29 is 9.47 Å². The van der Waals surface area contributed by atoms with Crippen LogP contribution in [-0.4, -0.2) is 20.8 Å². The van der Waals surface area contributed by atoms with Gasteiger partial charge in [0.1, 0.15) is 0 Å². The number of ether oxygens (including phenoxy) is 2. The van der Waals surface area contributed by atoms with Gasteiger partial charge >= 0.3 is 0 Å². The molecule has 1 aliphatic rings. The second kappa shape index (κ2) is 4.96. The fourth-order valence-corrected chi connectivity index (χ4v) is 2.45. The molecule has 1 aliphatic heterocycles. The lowest BCUT2D eigenvalue weighted by Crippen LogP contribution is -2.21. The van der Waals surface area contributed by atoms with E-state index in [1.165, 1.54) is 11.1 Å². The average molecular weight is 235 g/mol. The first kappa shape index (κ1) is 12.2. The van der Waals surface area contributed by atoms with Gasteiger partial charge in [0.15, 0.2) is 11.5 Å². The molecule has 1 aromatic rings. The largest absolute Gasteiger partial charge is 0.493 e. The zero-order valence-corrected chi connectivity index (χ0v) is 11.0. The molecule has 1 heterocycles. The van der Waals surface area contributed by atoms with Gasteiger partial charge in [-0.1, -0.05) is 6.92 Å². The van der Waals surface area contributed by atoms with Gasteiger partial charge in [0.05, 0.1) is 14.2 Å². The Labute approximate surface area is 103 Å². The van der Waals surface area contributed by atoms with Crippen molar-refractivity contribution in [1.29, 1.82) is 0 Å². The van der Waals surface area contributed by atoms with Gasteiger partial charge in [-0.3, -0.25) is 0 Å². The molecule has 0 spiro atoms. The van der Waals surface area contributed by atoms with E-state index in [1.807, 2.05) is 0 Å². The van der Waals surface area contributed by atoms with Crippen LogP contribution in [-0.2, 0) is 6.42 Å². The predicted octanol–water partition coefficient (Wildman–Crippen LogP) is 2.55. The number of methoxy groups -OCH3 is 2. The second-order valence-electron chi connectivity index (χ2n) is 4.85. The van der Waals surface area contributed by atoms with Gasteiger partial charge in [-0.25, -0.2) is 0 Å². The molecule has 1 N–H and O–H groups in total. The number of hydrogen-bond acceptors (Lipinski definition) is 3. The molecule has 3 nitrogen and oxygen atoms in total. The molecule has 0 amide bonds. The first-order chi connectivity index (χ1) is 8.15. The lowest BCUT2D eigenvalue weighted by Gasteiger charge is -2.17. The van der Waals surface area contributed by atoms with Crippen LogP contribution in [0.15, 0.2) is 12.1 Å². The van der Waals surface area contributed by atoms with Gasteiger partial charge in [-0.05, 0) is 49.1 Å². The van der Waals surface area contributed by atoms with E-state index >= 15 is 0 Å². The highest BCUT2D eigenvalue weighted by Crippen LogP contribution is 2.35. The van der Waals surface area contributed by atoms with Crippen molar-refractivity contribution in [2.24, 2.45) is 5.92 Å². The Hall–Kier alpha value is -1.22. The molecular formula is C14H21NO2. The molecule has 3 heteroatoms. The standard InChI is InChI=1S/C14H21NO2/c1-9-5-11-6-13(16-3)14(17-4)7-12(11)10(2)15-8-9/h6-7,9-10,15H,5,8H2,1-4H3/t9-,10-/m1/s1. The van der Waals surface area contributed by atoms with Crippen molar-refractivity contribution in [3.8, 4) is 11.5 Å². The van der Waals surface area contributed by atoms with E-state index < -0.39 is 0 Å². The van der Waals surface area contributed by atoms with Crippen LogP contribution in [0.4, 0.5) is 0 Å². The molecule has 0 saturated heterocycles. The van der Waals surface area contributed by atoms with E-state index in [9.17, 15) is 0 Å². The Bertz CT molecular complexity index is 403. The molecule has 2 rings (SSSR count). The summed E-state index contributed by atoms with van der Waals surface area (Å²) in [6, 6.07) is 4.59. The van der Waals surface area contributed by atoms with Crippen LogP contribution in [0.3, 0.4) is 0 Å². The van der Waals surface area contributed by atoms with Crippen molar-refractivity contribution in [3.63, 3.8) is 0 Å². The average Bonchev–Trinajstić information content (AvgIpc) is 2.47. The fraction of sp³-hybridized carbons (Fsp3) is 0.571. The van der Waals surface area contributed by atoms with Crippen molar-refractivity contribution >= 4 is 0 Å². The monoisotopic (exact) mass is 235 g/mol. The van der Waals surface area contributed by atoms with E-state index in [2.05, 4.69) is 31.3 Å². The number of benzene rings is 1. The second-order valence-corrected chi connectivity index (χ2v) is 4.85. The minimum atomic E-state index is 0.370. The summed E-state index contributed by atoms with van der Waals surface area (Å²) in [5.41, 5.74) is 2.69. The van der Waals surface area contributed by atoms with Gasteiger partial charge in [-0.2, -0.15) is 0 Å². The molecular weight excluding hydrogens is 214 g/mol. The zero-order valence-electron chi connectivity index (χ0n) is 11.0. The highest BCUT2D eigenvalue weighted by molar-refractivity contribution is 5.49. The van der Waals surface area contributed by atoms with Crippen LogP contribution < -0.4 is 14.8 Å².